The Bertz CT molecular complexity index is 1030. The zero-order valence-electron chi connectivity index (χ0n) is 18.9. The van der Waals surface area contributed by atoms with Crippen LogP contribution in [0.15, 0.2) is 34.7 Å². The zero-order valence-corrected chi connectivity index (χ0v) is 18.9. The first-order valence-electron chi connectivity index (χ1n) is 10.4. The molecule has 0 bridgehead atoms. The summed E-state index contributed by atoms with van der Waals surface area (Å²) in [6.07, 6.45) is 0.831. The normalized spacial score (nSPS) is 12.9. The summed E-state index contributed by atoms with van der Waals surface area (Å²) in [6, 6.07) is 9.53. The standard InChI is InChI=1S/C23H31N5O2/c1-14(2)11-19-13-20(22-26-25-16(4)30-22)27-28(19)18-10-8-9-17(12-18)21(29)24-15(3)23(5,6)7/h8-10,12-15H,11H2,1-7H3,(H,24,29)/t15-/m0/s1. The molecule has 0 spiro atoms. The molecule has 0 aliphatic rings. The number of rotatable bonds is 6. The van der Waals surface area contributed by atoms with Crippen molar-refractivity contribution in [2.24, 2.45) is 11.3 Å². The molecule has 7 heteroatoms. The SMILES string of the molecule is Cc1nnc(-c2cc(CC(C)C)n(-c3cccc(C(=O)N[C@@H](C)C(C)(C)C)c3)n2)o1. The highest BCUT2D eigenvalue weighted by Crippen LogP contribution is 2.24. The lowest BCUT2D eigenvalue weighted by Gasteiger charge is -2.28. The minimum Gasteiger partial charge on any atom is -0.420 e. The van der Waals surface area contributed by atoms with Gasteiger partial charge in [0.2, 0.25) is 5.89 Å². The van der Waals surface area contributed by atoms with E-state index in [0.717, 1.165) is 17.8 Å². The molecular formula is C23H31N5O2. The van der Waals surface area contributed by atoms with Gasteiger partial charge in [-0.05, 0) is 48.9 Å². The number of hydrogen-bond donors (Lipinski definition) is 1. The maximum absolute atomic E-state index is 12.8. The molecule has 0 saturated carbocycles. The molecular weight excluding hydrogens is 378 g/mol. The van der Waals surface area contributed by atoms with Crippen molar-refractivity contribution in [2.75, 3.05) is 0 Å². The molecule has 0 radical (unpaired) electrons. The summed E-state index contributed by atoms with van der Waals surface area (Å²) in [5.41, 5.74) is 3.06. The number of benzene rings is 1. The Kier molecular flexibility index (Phi) is 6.10. The number of amides is 1. The van der Waals surface area contributed by atoms with E-state index in [1.807, 2.05) is 41.9 Å². The Morgan fingerprint density at radius 2 is 1.90 bits per heavy atom. The lowest BCUT2D eigenvalue weighted by molar-refractivity contribution is 0.0910. The van der Waals surface area contributed by atoms with E-state index >= 15 is 0 Å². The van der Waals surface area contributed by atoms with E-state index in [1.54, 1.807) is 6.92 Å². The van der Waals surface area contributed by atoms with Gasteiger partial charge < -0.3 is 9.73 Å². The Labute approximate surface area is 177 Å². The molecule has 0 aliphatic heterocycles. The fourth-order valence-corrected chi connectivity index (χ4v) is 2.99. The van der Waals surface area contributed by atoms with Crippen LogP contribution in [0.4, 0.5) is 0 Å². The predicted octanol–water partition coefficient (Wildman–Crippen LogP) is 4.59. The van der Waals surface area contributed by atoms with Gasteiger partial charge in [0.25, 0.3) is 11.8 Å². The minimum absolute atomic E-state index is 0.0171. The van der Waals surface area contributed by atoms with Crippen LogP contribution < -0.4 is 5.32 Å². The molecule has 1 N–H and O–H groups in total. The van der Waals surface area contributed by atoms with Crippen LogP contribution in [-0.2, 0) is 6.42 Å². The number of carbonyl (C=O) groups is 1. The second-order valence-electron chi connectivity index (χ2n) is 9.27. The largest absolute Gasteiger partial charge is 0.420 e. The molecule has 1 amide bonds. The van der Waals surface area contributed by atoms with Crippen molar-refractivity contribution >= 4 is 5.91 Å². The highest BCUT2D eigenvalue weighted by Gasteiger charge is 2.23. The topological polar surface area (TPSA) is 85.8 Å². The molecule has 1 aromatic carbocycles. The first kappa shape index (κ1) is 21.7. The third-order valence-electron chi connectivity index (χ3n) is 5.15. The Morgan fingerprint density at radius 1 is 1.17 bits per heavy atom. The summed E-state index contributed by atoms with van der Waals surface area (Å²) >= 11 is 0. The Morgan fingerprint density at radius 3 is 2.50 bits per heavy atom. The van der Waals surface area contributed by atoms with Gasteiger partial charge in [0.1, 0.15) is 5.69 Å². The fraction of sp³-hybridized carbons (Fsp3) is 0.478. The molecule has 0 unspecified atom stereocenters. The summed E-state index contributed by atoms with van der Waals surface area (Å²) in [7, 11) is 0. The third kappa shape index (κ3) is 4.96. The summed E-state index contributed by atoms with van der Waals surface area (Å²) in [5, 5.41) is 15.8. The van der Waals surface area contributed by atoms with Crippen molar-refractivity contribution in [2.45, 2.75) is 60.9 Å². The molecule has 2 aromatic heterocycles. The molecule has 3 aromatic rings. The number of hydrogen-bond acceptors (Lipinski definition) is 5. The highest BCUT2D eigenvalue weighted by atomic mass is 16.4. The van der Waals surface area contributed by atoms with E-state index in [0.29, 0.717) is 29.0 Å². The first-order valence-corrected chi connectivity index (χ1v) is 10.4. The van der Waals surface area contributed by atoms with Crippen molar-refractivity contribution in [3.63, 3.8) is 0 Å². The Hall–Kier alpha value is -2.96. The van der Waals surface area contributed by atoms with Crippen LogP contribution in [0.25, 0.3) is 17.3 Å². The van der Waals surface area contributed by atoms with Gasteiger partial charge in [-0.3, -0.25) is 4.79 Å². The van der Waals surface area contributed by atoms with Crippen LogP contribution in [0.2, 0.25) is 0 Å². The van der Waals surface area contributed by atoms with Gasteiger partial charge in [0.15, 0.2) is 0 Å². The second-order valence-corrected chi connectivity index (χ2v) is 9.27. The maximum atomic E-state index is 12.8. The van der Waals surface area contributed by atoms with E-state index in [9.17, 15) is 4.79 Å². The minimum atomic E-state index is -0.0930. The van der Waals surface area contributed by atoms with Crippen LogP contribution in [0.1, 0.15) is 63.5 Å². The molecule has 7 nitrogen and oxygen atoms in total. The van der Waals surface area contributed by atoms with Crippen LogP contribution in [-0.4, -0.2) is 31.9 Å². The fourth-order valence-electron chi connectivity index (χ4n) is 2.99. The van der Waals surface area contributed by atoms with E-state index in [1.165, 1.54) is 0 Å². The second kappa shape index (κ2) is 8.42. The van der Waals surface area contributed by atoms with Gasteiger partial charge in [-0.25, -0.2) is 4.68 Å². The van der Waals surface area contributed by atoms with Gasteiger partial charge >= 0.3 is 0 Å². The smallest absolute Gasteiger partial charge is 0.268 e. The number of aromatic nitrogens is 4. The predicted molar refractivity (Wildman–Crippen MR) is 117 cm³/mol. The lowest BCUT2D eigenvalue weighted by Crippen LogP contribution is -2.41. The average molecular weight is 410 g/mol. The summed E-state index contributed by atoms with van der Waals surface area (Å²) in [6.45, 7) is 14.4. The Balaban J connectivity index is 1.96. The number of carbonyl (C=O) groups excluding carboxylic acids is 1. The molecule has 0 saturated heterocycles. The zero-order chi connectivity index (χ0) is 22.1. The van der Waals surface area contributed by atoms with E-state index < -0.39 is 0 Å². The van der Waals surface area contributed by atoms with Gasteiger partial charge in [0, 0.05) is 24.2 Å². The molecule has 2 heterocycles. The lowest BCUT2D eigenvalue weighted by atomic mass is 9.88. The van der Waals surface area contributed by atoms with Crippen molar-refractivity contribution in [3.8, 4) is 17.3 Å². The molecule has 0 fully saturated rings. The van der Waals surface area contributed by atoms with Crippen LogP contribution in [0.5, 0.6) is 0 Å². The quantitative estimate of drug-likeness (QED) is 0.643. The summed E-state index contributed by atoms with van der Waals surface area (Å²) in [4.78, 5) is 12.8. The molecule has 1 atom stereocenters. The molecule has 30 heavy (non-hydrogen) atoms. The van der Waals surface area contributed by atoms with E-state index in [2.05, 4.69) is 50.1 Å². The first-order chi connectivity index (χ1) is 14.0. The van der Waals surface area contributed by atoms with Crippen molar-refractivity contribution in [3.05, 3.63) is 47.5 Å². The molecule has 0 aliphatic carbocycles. The number of aryl methyl sites for hydroxylation is 1. The molecule has 160 valence electrons. The number of nitrogens with zero attached hydrogens (tertiary/aromatic N) is 4. The van der Waals surface area contributed by atoms with E-state index in [-0.39, 0.29) is 17.4 Å². The van der Waals surface area contributed by atoms with Gasteiger partial charge in [0.05, 0.1) is 5.69 Å². The summed E-state index contributed by atoms with van der Waals surface area (Å²) in [5.74, 6) is 1.24. The average Bonchev–Trinajstić information content (AvgIpc) is 3.26. The third-order valence-corrected chi connectivity index (χ3v) is 5.15. The number of nitrogens with one attached hydrogen (secondary N) is 1. The van der Waals surface area contributed by atoms with Crippen LogP contribution in [0.3, 0.4) is 0 Å². The van der Waals surface area contributed by atoms with Crippen LogP contribution in [0, 0.1) is 18.3 Å². The van der Waals surface area contributed by atoms with Crippen molar-refractivity contribution < 1.29 is 9.21 Å². The highest BCUT2D eigenvalue weighted by molar-refractivity contribution is 5.95. The van der Waals surface area contributed by atoms with Crippen LogP contribution >= 0.6 is 0 Å². The summed E-state index contributed by atoms with van der Waals surface area (Å²) < 4.78 is 7.41. The van der Waals surface area contributed by atoms with Gasteiger partial charge in [-0.2, -0.15) is 5.10 Å². The monoisotopic (exact) mass is 409 g/mol. The molecule has 3 rings (SSSR count). The van der Waals surface area contributed by atoms with Gasteiger partial charge in [-0.15, -0.1) is 10.2 Å². The van der Waals surface area contributed by atoms with Crippen molar-refractivity contribution in [1.29, 1.82) is 0 Å². The van der Waals surface area contributed by atoms with Crippen molar-refractivity contribution in [1.82, 2.24) is 25.3 Å². The maximum Gasteiger partial charge on any atom is 0.268 e. The van der Waals surface area contributed by atoms with Gasteiger partial charge in [-0.1, -0.05) is 40.7 Å². The van der Waals surface area contributed by atoms with E-state index in [4.69, 9.17) is 9.52 Å².